The lowest BCUT2D eigenvalue weighted by Gasteiger charge is -2.11. The Morgan fingerprint density at radius 1 is 1.32 bits per heavy atom. The van der Waals surface area contributed by atoms with Crippen molar-refractivity contribution in [3.8, 4) is 11.5 Å². The Balaban J connectivity index is 2.20. The molecule has 148 valence electrons. The van der Waals surface area contributed by atoms with Crippen LogP contribution in [0.25, 0.3) is 0 Å². The zero-order valence-electron chi connectivity index (χ0n) is 15.5. The van der Waals surface area contributed by atoms with E-state index in [0.29, 0.717) is 17.9 Å². The number of ether oxygens (including phenoxy) is 2. The number of nitrogens with one attached hydrogen (secondary N) is 1. The van der Waals surface area contributed by atoms with Gasteiger partial charge in [-0.05, 0) is 36.8 Å². The molecular formula is C19H21N3O6. The van der Waals surface area contributed by atoms with Gasteiger partial charge in [0.2, 0.25) is 5.75 Å². The number of anilines is 1. The lowest BCUT2D eigenvalue weighted by atomic mass is 10.2. The van der Waals surface area contributed by atoms with Crippen molar-refractivity contribution in [2.24, 2.45) is 5.10 Å². The number of carboxylic acids is 1. The molecule has 0 saturated heterocycles. The molecule has 9 nitrogen and oxygen atoms in total. The number of hydrogen-bond donors (Lipinski definition) is 2. The number of unbranched alkanes of at least 4 members (excludes halogenated alkanes) is 1. The number of hydrogen-bond acceptors (Lipinski definition) is 7. The molecule has 0 saturated carbocycles. The van der Waals surface area contributed by atoms with Crippen LogP contribution in [0.1, 0.15) is 35.7 Å². The Labute approximate surface area is 161 Å². The summed E-state index contributed by atoms with van der Waals surface area (Å²) in [7, 11) is 1.41. The SMILES string of the molecule is CCCCOc1c(OC)cc(C=NNc2ccc(C(=O)O)cc2)cc1[N+](=O)[O-]. The van der Waals surface area contributed by atoms with Crippen molar-refractivity contribution in [1.29, 1.82) is 0 Å². The smallest absolute Gasteiger partial charge is 0.335 e. The van der Waals surface area contributed by atoms with Crippen molar-refractivity contribution >= 4 is 23.6 Å². The summed E-state index contributed by atoms with van der Waals surface area (Å²) < 4.78 is 10.8. The summed E-state index contributed by atoms with van der Waals surface area (Å²) in [4.78, 5) is 21.7. The number of nitro benzene ring substituents is 1. The molecule has 2 aromatic carbocycles. The van der Waals surface area contributed by atoms with Crippen molar-refractivity contribution in [2.45, 2.75) is 19.8 Å². The van der Waals surface area contributed by atoms with Crippen molar-refractivity contribution in [3.05, 3.63) is 57.6 Å². The highest BCUT2D eigenvalue weighted by atomic mass is 16.6. The Kier molecular flexibility index (Phi) is 7.32. The Bertz CT molecular complexity index is 865. The monoisotopic (exact) mass is 387 g/mol. The fourth-order valence-electron chi connectivity index (χ4n) is 2.30. The molecular weight excluding hydrogens is 366 g/mol. The maximum atomic E-state index is 11.4. The normalized spacial score (nSPS) is 10.6. The van der Waals surface area contributed by atoms with Gasteiger partial charge in [-0.3, -0.25) is 15.5 Å². The number of carbonyl (C=O) groups is 1. The van der Waals surface area contributed by atoms with E-state index in [9.17, 15) is 14.9 Å². The summed E-state index contributed by atoms with van der Waals surface area (Å²) in [5.74, 6) is -0.677. The van der Waals surface area contributed by atoms with Gasteiger partial charge < -0.3 is 14.6 Å². The maximum absolute atomic E-state index is 11.4. The first kappa shape index (κ1) is 20.7. The van der Waals surface area contributed by atoms with Crippen molar-refractivity contribution in [1.82, 2.24) is 0 Å². The third-order valence-corrected chi connectivity index (χ3v) is 3.76. The largest absolute Gasteiger partial charge is 0.493 e. The van der Waals surface area contributed by atoms with Crippen LogP contribution in [0.2, 0.25) is 0 Å². The van der Waals surface area contributed by atoms with Crippen LogP contribution in [-0.2, 0) is 0 Å². The highest BCUT2D eigenvalue weighted by Gasteiger charge is 2.22. The van der Waals surface area contributed by atoms with Crippen molar-refractivity contribution < 1.29 is 24.3 Å². The molecule has 0 unspecified atom stereocenters. The molecule has 0 radical (unpaired) electrons. The van der Waals surface area contributed by atoms with Crippen molar-refractivity contribution in [3.63, 3.8) is 0 Å². The van der Waals surface area contributed by atoms with Gasteiger partial charge in [-0.25, -0.2) is 4.79 Å². The third-order valence-electron chi connectivity index (χ3n) is 3.76. The first-order valence-corrected chi connectivity index (χ1v) is 8.58. The zero-order valence-corrected chi connectivity index (χ0v) is 15.5. The minimum Gasteiger partial charge on any atom is -0.493 e. The Morgan fingerprint density at radius 3 is 2.61 bits per heavy atom. The van der Waals surface area contributed by atoms with Gasteiger partial charge in [0.25, 0.3) is 0 Å². The highest BCUT2D eigenvalue weighted by Crippen LogP contribution is 2.38. The van der Waals surface area contributed by atoms with Gasteiger partial charge in [-0.15, -0.1) is 0 Å². The molecule has 9 heteroatoms. The zero-order chi connectivity index (χ0) is 20.5. The Hall–Kier alpha value is -3.62. The highest BCUT2D eigenvalue weighted by molar-refractivity contribution is 5.88. The fourth-order valence-corrected chi connectivity index (χ4v) is 2.30. The molecule has 28 heavy (non-hydrogen) atoms. The van der Waals surface area contributed by atoms with Crippen LogP contribution >= 0.6 is 0 Å². The van der Waals surface area contributed by atoms with Crippen molar-refractivity contribution in [2.75, 3.05) is 19.1 Å². The second-order valence-electron chi connectivity index (χ2n) is 5.78. The minimum atomic E-state index is -1.02. The van der Waals surface area contributed by atoms with Gasteiger partial charge in [-0.2, -0.15) is 5.10 Å². The quantitative estimate of drug-likeness (QED) is 0.274. The maximum Gasteiger partial charge on any atom is 0.335 e. The number of hydrazone groups is 1. The van der Waals surface area contributed by atoms with E-state index in [1.807, 2.05) is 6.92 Å². The van der Waals surface area contributed by atoms with Crippen LogP contribution in [0.3, 0.4) is 0 Å². The lowest BCUT2D eigenvalue weighted by Crippen LogP contribution is -2.03. The second-order valence-corrected chi connectivity index (χ2v) is 5.78. The molecule has 0 aliphatic carbocycles. The topological polar surface area (TPSA) is 123 Å². The fraction of sp³-hybridized carbons (Fsp3) is 0.263. The minimum absolute atomic E-state index is 0.0929. The molecule has 2 aromatic rings. The van der Waals surface area contributed by atoms with Crippen LogP contribution in [0.4, 0.5) is 11.4 Å². The van der Waals surface area contributed by atoms with E-state index < -0.39 is 10.9 Å². The molecule has 0 bridgehead atoms. The van der Waals surface area contributed by atoms with Crippen LogP contribution in [0.5, 0.6) is 11.5 Å². The van der Waals surface area contributed by atoms with Crippen LogP contribution in [-0.4, -0.2) is 35.9 Å². The van der Waals surface area contributed by atoms with E-state index in [0.717, 1.165) is 12.8 Å². The molecule has 2 N–H and O–H groups in total. The number of aromatic carboxylic acids is 1. The van der Waals surface area contributed by atoms with Gasteiger partial charge >= 0.3 is 11.7 Å². The predicted molar refractivity (Wildman–Crippen MR) is 105 cm³/mol. The third kappa shape index (κ3) is 5.44. The van der Waals surface area contributed by atoms with Crippen LogP contribution < -0.4 is 14.9 Å². The number of carboxylic acid groups (broad SMARTS) is 1. The Morgan fingerprint density at radius 2 is 2.04 bits per heavy atom. The van der Waals surface area contributed by atoms with Gasteiger partial charge in [0.05, 0.1) is 36.1 Å². The van der Waals surface area contributed by atoms with E-state index in [1.165, 1.54) is 31.5 Å². The molecule has 0 aliphatic rings. The summed E-state index contributed by atoms with van der Waals surface area (Å²) in [6.07, 6.45) is 3.07. The molecule has 0 aliphatic heterocycles. The molecule has 0 atom stereocenters. The van der Waals surface area contributed by atoms with E-state index in [4.69, 9.17) is 14.6 Å². The summed E-state index contributed by atoms with van der Waals surface area (Å²) in [6.45, 7) is 2.35. The summed E-state index contributed by atoms with van der Waals surface area (Å²) in [6, 6.07) is 8.95. The first-order chi connectivity index (χ1) is 13.5. The second kappa shape index (κ2) is 9.91. The molecule has 0 fully saturated rings. The first-order valence-electron chi connectivity index (χ1n) is 8.58. The lowest BCUT2D eigenvalue weighted by molar-refractivity contribution is -0.386. The number of methoxy groups -OCH3 is 1. The van der Waals surface area contributed by atoms with E-state index in [1.54, 1.807) is 18.2 Å². The molecule has 2 rings (SSSR count). The number of nitrogens with zero attached hydrogens (tertiary/aromatic N) is 2. The average Bonchev–Trinajstić information content (AvgIpc) is 2.68. The molecule has 0 spiro atoms. The van der Waals surface area contributed by atoms with Crippen LogP contribution in [0, 0.1) is 10.1 Å². The van der Waals surface area contributed by atoms with Crippen LogP contribution in [0.15, 0.2) is 41.5 Å². The number of benzene rings is 2. The van der Waals surface area contributed by atoms with E-state index >= 15 is 0 Å². The van der Waals surface area contributed by atoms with Gasteiger partial charge in [0.15, 0.2) is 5.75 Å². The average molecular weight is 387 g/mol. The summed E-state index contributed by atoms with van der Waals surface area (Å²) in [5.41, 5.74) is 3.71. The molecule has 0 amide bonds. The molecule has 0 aromatic heterocycles. The molecule has 0 heterocycles. The standard InChI is InChI=1S/C19H21N3O6/c1-3-4-9-28-18-16(22(25)26)10-13(11-17(18)27-2)12-20-21-15-7-5-14(6-8-15)19(23)24/h5-8,10-12,21H,3-4,9H2,1-2H3,(H,23,24). The van der Waals surface area contributed by atoms with Gasteiger partial charge in [0.1, 0.15) is 0 Å². The van der Waals surface area contributed by atoms with E-state index in [-0.39, 0.29) is 22.7 Å². The van der Waals surface area contributed by atoms with Gasteiger partial charge in [-0.1, -0.05) is 13.3 Å². The number of rotatable bonds is 10. The predicted octanol–water partition coefficient (Wildman–Crippen LogP) is 3.93. The summed E-state index contributed by atoms with van der Waals surface area (Å²) in [5, 5.41) is 24.3. The van der Waals surface area contributed by atoms with E-state index in [2.05, 4.69) is 10.5 Å². The summed E-state index contributed by atoms with van der Waals surface area (Å²) >= 11 is 0. The number of nitro groups is 1. The van der Waals surface area contributed by atoms with Gasteiger partial charge in [0, 0.05) is 11.6 Å².